The maximum atomic E-state index is 12.5. The minimum absolute atomic E-state index is 0.143. The van der Waals surface area contributed by atoms with Gasteiger partial charge in [0.1, 0.15) is 10.7 Å². The van der Waals surface area contributed by atoms with Gasteiger partial charge in [-0.05, 0) is 50.6 Å². The second kappa shape index (κ2) is 9.31. The number of benzene rings is 1. The van der Waals surface area contributed by atoms with Crippen molar-refractivity contribution in [1.29, 1.82) is 0 Å². The van der Waals surface area contributed by atoms with Crippen LogP contribution in [0.15, 0.2) is 29.1 Å². The molecule has 0 aliphatic heterocycles. The Morgan fingerprint density at radius 2 is 1.83 bits per heavy atom. The number of ether oxygens (including phenoxy) is 1. The zero-order valence-electron chi connectivity index (χ0n) is 17.0. The van der Waals surface area contributed by atoms with Crippen LogP contribution in [0.2, 0.25) is 0 Å². The van der Waals surface area contributed by atoms with Gasteiger partial charge in [-0.2, -0.15) is 0 Å². The van der Waals surface area contributed by atoms with Crippen molar-refractivity contribution in [2.24, 2.45) is 0 Å². The van der Waals surface area contributed by atoms with Crippen molar-refractivity contribution in [2.45, 2.75) is 31.8 Å². The van der Waals surface area contributed by atoms with Crippen LogP contribution in [0.4, 0.5) is 16.2 Å². The van der Waals surface area contributed by atoms with Gasteiger partial charge in [-0.3, -0.25) is 14.9 Å². The van der Waals surface area contributed by atoms with Gasteiger partial charge in [0.2, 0.25) is 5.91 Å². The number of fused-ring (bicyclic) bond motifs is 1. The highest BCUT2D eigenvalue weighted by Gasteiger charge is 2.16. The van der Waals surface area contributed by atoms with E-state index in [2.05, 4.69) is 25.3 Å². The van der Waals surface area contributed by atoms with E-state index in [1.807, 2.05) is 13.8 Å². The summed E-state index contributed by atoms with van der Waals surface area (Å²) in [6.45, 7) is 5.69. The summed E-state index contributed by atoms with van der Waals surface area (Å²) in [5, 5.41) is 5.66. The van der Waals surface area contributed by atoms with Crippen molar-refractivity contribution in [2.75, 3.05) is 17.7 Å². The quantitative estimate of drug-likeness (QED) is 0.527. The number of nitrogens with one attached hydrogen (secondary N) is 3. The van der Waals surface area contributed by atoms with Crippen molar-refractivity contribution in [3.05, 3.63) is 50.9 Å². The maximum Gasteiger partial charge on any atom is 0.411 e. The Morgan fingerprint density at radius 3 is 2.47 bits per heavy atom. The average molecular weight is 447 g/mol. The average Bonchev–Trinajstić information content (AvgIpc) is 3.01. The number of aryl methyl sites for hydroxylation is 2. The molecule has 30 heavy (non-hydrogen) atoms. The molecule has 2 amide bonds. The first-order valence-electron chi connectivity index (χ1n) is 9.15. The summed E-state index contributed by atoms with van der Waals surface area (Å²) in [6, 6.07) is 6.71. The molecule has 0 saturated carbocycles. The number of thioether (sulfide) groups is 1. The van der Waals surface area contributed by atoms with Crippen LogP contribution in [-0.4, -0.2) is 34.3 Å². The molecule has 0 radical (unpaired) electrons. The largest absolute Gasteiger partial charge is 0.453 e. The minimum Gasteiger partial charge on any atom is -0.453 e. The lowest BCUT2D eigenvalue weighted by molar-refractivity contribution is -0.115. The van der Waals surface area contributed by atoms with Gasteiger partial charge in [-0.25, -0.2) is 9.78 Å². The molecule has 8 nitrogen and oxygen atoms in total. The van der Waals surface area contributed by atoms with Gasteiger partial charge >= 0.3 is 6.09 Å². The third-order valence-electron chi connectivity index (χ3n) is 4.51. The van der Waals surface area contributed by atoms with Crippen LogP contribution in [0.25, 0.3) is 10.2 Å². The van der Waals surface area contributed by atoms with Gasteiger partial charge in [0, 0.05) is 16.3 Å². The Morgan fingerprint density at radius 1 is 1.20 bits per heavy atom. The fraction of sp³-hybridized carbons (Fsp3) is 0.300. The van der Waals surface area contributed by atoms with Crippen LogP contribution in [0.1, 0.15) is 23.2 Å². The van der Waals surface area contributed by atoms with E-state index in [0.717, 1.165) is 15.3 Å². The number of carbonyl (C=O) groups is 2. The fourth-order valence-corrected chi connectivity index (χ4v) is 4.50. The molecule has 0 aliphatic carbocycles. The van der Waals surface area contributed by atoms with E-state index in [0.29, 0.717) is 28.3 Å². The summed E-state index contributed by atoms with van der Waals surface area (Å²) < 4.78 is 4.53. The van der Waals surface area contributed by atoms with Gasteiger partial charge in [-0.15, -0.1) is 23.1 Å². The predicted octanol–water partition coefficient (Wildman–Crippen LogP) is 4.04. The standard InChI is InChI=1S/C20H22N4O4S2/c1-10-11(2)30-19-16(10)18(26)23-15(24-19)9-29-12(3)17(25)21-13-5-7-14(8-6-13)22-20(27)28-4/h5-8,12H,9H2,1-4H3,(H,21,25)(H,22,27)(H,23,24,26). The number of carbonyl (C=O) groups excluding carboxylic acids is 2. The summed E-state index contributed by atoms with van der Waals surface area (Å²) in [7, 11) is 1.29. The van der Waals surface area contributed by atoms with E-state index in [4.69, 9.17) is 0 Å². The first kappa shape index (κ1) is 21.8. The normalized spacial score (nSPS) is 11.9. The van der Waals surface area contributed by atoms with Crippen LogP contribution in [0.5, 0.6) is 0 Å². The van der Waals surface area contributed by atoms with Crippen molar-refractivity contribution in [3.8, 4) is 0 Å². The monoisotopic (exact) mass is 446 g/mol. The summed E-state index contributed by atoms with van der Waals surface area (Å²) >= 11 is 2.89. The van der Waals surface area contributed by atoms with Crippen LogP contribution in [0, 0.1) is 13.8 Å². The van der Waals surface area contributed by atoms with Crippen LogP contribution < -0.4 is 16.2 Å². The van der Waals surface area contributed by atoms with Gasteiger partial charge in [0.15, 0.2) is 0 Å². The van der Waals surface area contributed by atoms with E-state index in [1.165, 1.54) is 30.2 Å². The van der Waals surface area contributed by atoms with Crippen LogP contribution in [0.3, 0.4) is 0 Å². The molecule has 2 heterocycles. The molecule has 0 spiro atoms. The molecular formula is C20H22N4O4S2. The molecule has 1 atom stereocenters. The van der Waals surface area contributed by atoms with Gasteiger partial charge < -0.3 is 15.0 Å². The fourth-order valence-electron chi connectivity index (χ4n) is 2.70. The van der Waals surface area contributed by atoms with Crippen molar-refractivity contribution in [1.82, 2.24) is 9.97 Å². The lowest BCUT2D eigenvalue weighted by Gasteiger charge is -2.12. The van der Waals surface area contributed by atoms with E-state index >= 15 is 0 Å². The number of amides is 2. The smallest absolute Gasteiger partial charge is 0.411 e. The molecule has 10 heteroatoms. The minimum atomic E-state index is -0.561. The molecular weight excluding hydrogens is 424 g/mol. The second-order valence-electron chi connectivity index (χ2n) is 6.61. The number of hydrogen-bond acceptors (Lipinski definition) is 7. The zero-order valence-corrected chi connectivity index (χ0v) is 18.6. The number of rotatable bonds is 6. The number of hydrogen-bond donors (Lipinski definition) is 3. The van der Waals surface area contributed by atoms with Gasteiger partial charge in [-0.1, -0.05) is 0 Å². The lowest BCUT2D eigenvalue weighted by atomic mass is 10.2. The predicted molar refractivity (Wildman–Crippen MR) is 122 cm³/mol. The van der Waals surface area contributed by atoms with Crippen molar-refractivity contribution < 1.29 is 14.3 Å². The molecule has 3 N–H and O–H groups in total. The van der Waals surface area contributed by atoms with E-state index in [1.54, 1.807) is 31.2 Å². The van der Waals surface area contributed by atoms with Crippen LogP contribution >= 0.6 is 23.1 Å². The van der Waals surface area contributed by atoms with Crippen molar-refractivity contribution in [3.63, 3.8) is 0 Å². The highest BCUT2D eigenvalue weighted by Crippen LogP contribution is 2.26. The first-order chi connectivity index (χ1) is 14.3. The van der Waals surface area contributed by atoms with Gasteiger partial charge in [0.05, 0.1) is 23.5 Å². The van der Waals surface area contributed by atoms with E-state index < -0.39 is 6.09 Å². The molecule has 0 fully saturated rings. The molecule has 0 saturated heterocycles. The Hall–Kier alpha value is -2.85. The third kappa shape index (κ3) is 5.00. The Balaban J connectivity index is 1.59. The Kier molecular flexibility index (Phi) is 6.78. The number of aromatic nitrogens is 2. The SMILES string of the molecule is COC(=O)Nc1ccc(NC(=O)C(C)SCc2nc3sc(C)c(C)c3c(=O)[nH]2)cc1. The van der Waals surface area contributed by atoms with E-state index in [9.17, 15) is 14.4 Å². The Bertz CT molecular complexity index is 1140. The maximum absolute atomic E-state index is 12.5. The molecule has 158 valence electrons. The molecule has 3 aromatic rings. The number of nitrogens with zero attached hydrogens (tertiary/aromatic N) is 1. The number of aromatic amines is 1. The van der Waals surface area contributed by atoms with Gasteiger partial charge in [0.25, 0.3) is 5.56 Å². The number of methoxy groups -OCH3 is 1. The molecule has 0 bridgehead atoms. The molecule has 2 aromatic heterocycles. The number of H-pyrrole nitrogens is 1. The zero-order chi connectivity index (χ0) is 21.8. The third-order valence-corrected chi connectivity index (χ3v) is 6.77. The Labute approximate surface area is 181 Å². The highest BCUT2D eigenvalue weighted by atomic mass is 32.2. The highest BCUT2D eigenvalue weighted by molar-refractivity contribution is 7.99. The molecule has 1 aromatic carbocycles. The topological polar surface area (TPSA) is 113 Å². The molecule has 3 rings (SSSR count). The molecule has 1 unspecified atom stereocenters. The number of thiophene rings is 1. The number of anilines is 2. The summed E-state index contributed by atoms with van der Waals surface area (Å²) in [6.07, 6.45) is -0.561. The first-order valence-corrected chi connectivity index (χ1v) is 11.0. The van der Waals surface area contributed by atoms with E-state index in [-0.39, 0.29) is 16.7 Å². The molecule has 0 aliphatic rings. The second-order valence-corrected chi connectivity index (χ2v) is 9.14. The van der Waals surface area contributed by atoms with Crippen molar-refractivity contribution >= 4 is 56.7 Å². The lowest BCUT2D eigenvalue weighted by Crippen LogP contribution is -2.23. The summed E-state index contributed by atoms with van der Waals surface area (Å²) in [4.78, 5) is 45.2. The summed E-state index contributed by atoms with van der Waals surface area (Å²) in [5.41, 5.74) is 1.99. The summed E-state index contributed by atoms with van der Waals surface area (Å²) in [5.74, 6) is 0.800. The van der Waals surface area contributed by atoms with Crippen LogP contribution in [-0.2, 0) is 15.3 Å².